The van der Waals surface area contributed by atoms with Crippen molar-refractivity contribution in [2.45, 2.75) is 6.42 Å². The predicted octanol–water partition coefficient (Wildman–Crippen LogP) is 0.972. The molecule has 2 rings (SSSR count). The van der Waals surface area contributed by atoms with Crippen molar-refractivity contribution in [3.63, 3.8) is 0 Å². The van der Waals surface area contributed by atoms with Gasteiger partial charge in [-0.3, -0.25) is 0 Å². The van der Waals surface area contributed by atoms with E-state index in [9.17, 15) is 9.18 Å². The molecule has 0 unspecified atom stereocenters. The van der Waals surface area contributed by atoms with Crippen LogP contribution >= 0.6 is 0 Å². The van der Waals surface area contributed by atoms with Crippen molar-refractivity contribution in [1.82, 2.24) is 10.2 Å². The average molecular weight is 252 g/mol. The number of nitrogens with zero attached hydrogens (tertiary/aromatic N) is 1. The van der Waals surface area contributed by atoms with Crippen LogP contribution in [0.5, 0.6) is 0 Å². The SMILES string of the molecule is O=C(O)c1cc(F)ccc1CCN1CCNCC1. The smallest absolute Gasteiger partial charge is 0.336 e. The first-order valence-electron chi connectivity index (χ1n) is 6.11. The molecule has 0 aliphatic carbocycles. The van der Waals surface area contributed by atoms with Crippen LogP contribution in [0.2, 0.25) is 0 Å². The van der Waals surface area contributed by atoms with Crippen molar-refractivity contribution >= 4 is 5.97 Å². The zero-order valence-corrected chi connectivity index (χ0v) is 10.2. The molecule has 4 nitrogen and oxygen atoms in total. The number of carboxylic acids is 1. The van der Waals surface area contributed by atoms with Gasteiger partial charge in [-0.1, -0.05) is 6.07 Å². The van der Waals surface area contributed by atoms with Gasteiger partial charge >= 0.3 is 5.97 Å². The first-order valence-corrected chi connectivity index (χ1v) is 6.11. The molecule has 1 aromatic rings. The molecular formula is C13H17FN2O2. The molecule has 1 aliphatic heterocycles. The van der Waals surface area contributed by atoms with Crippen molar-refractivity contribution in [2.75, 3.05) is 32.7 Å². The van der Waals surface area contributed by atoms with Gasteiger partial charge in [0.15, 0.2) is 0 Å². The van der Waals surface area contributed by atoms with Gasteiger partial charge in [-0.25, -0.2) is 9.18 Å². The lowest BCUT2D eigenvalue weighted by molar-refractivity contribution is 0.0695. The van der Waals surface area contributed by atoms with E-state index >= 15 is 0 Å². The number of piperazine rings is 1. The molecule has 1 aliphatic rings. The van der Waals surface area contributed by atoms with Crippen LogP contribution in [0.1, 0.15) is 15.9 Å². The van der Waals surface area contributed by atoms with Crippen LogP contribution in [0.15, 0.2) is 18.2 Å². The van der Waals surface area contributed by atoms with E-state index in [0.717, 1.165) is 38.8 Å². The van der Waals surface area contributed by atoms with Gasteiger partial charge < -0.3 is 15.3 Å². The monoisotopic (exact) mass is 252 g/mol. The van der Waals surface area contributed by atoms with Crippen LogP contribution in [0.4, 0.5) is 4.39 Å². The summed E-state index contributed by atoms with van der Waals surface area (Å²) in [7, 11) is 0. The normalized spacial score (nSPS) is 16.7. The highest BCUT2D eigenvalue weighted by Crippen LogP contribution is 2.13. The number of hydrogen-bond acceptors (Lipinski definition) is 3. The molecule has 18 heavy (non-hydrogen) atoms. The third-order valence-corrected chi connectivity index (χ3v) is 3.21. The van der Waals surface area contributed by atoms with Crippen LogP contribution in [0.25, 0.3) is 0 Å². The summed E-state index contributed by atoms with van der Waals surface area (Å²) in [5, 5.41) is 12.3. The summed E-state index contributed by atoms with van der Waals surface area (Å²) in [6.45, 7) is 4.70. The molecule has 0 bridgehead atoms. The average Bonchev–Trinajstić information content (AvgIpc) is 2.38. The van der Waals surface area contributed by atoms with E-state index in [1.165, 1.54) is 6.07 Å². The lowest BCUT2D eigenvalue weighted by Crippen LogP contribution is -2.44. The van der Waals surface area contributed by atoms with E-state index in [0.29, 0.717) is 12.0 Å². The van der Waals surface area contributed by atoms with E-state index in [2.05, 4.69) is 10.2 Å². The molecule has 0 spiro atoms. The molecule has 1 saturated heterocycles. The maximum absolute atomic E-state index is 13.0. The number of halogens is 1. The first kappa shape index (κ1) is 13.0. The van der Waals surface area contributed by atoms with Crippen molar-refractivity contribution in [1.29, 1.82) is 0 Å². The Bertz CT molecular complexity index is 431. The van der Waals surface area contributed by atoms with Crippen molar-refractivity contribution in [3.8, 4) is 0 Å². The standard InChI is InChI=1S/C13H17FN2O2/c14-11-2-1-10(12(9-11)13(17)18)3-6-16-7-4-15-5-8-16/h1-2,9,15H,3-8H2,(H,17,18). The number of carbonyl (C=O) groups is 1. The Hall–Kier alpha value is -1.46. The van der Waals surface area contributed by atoms with E-state index in [-0.39, 0.29) is 5.56 Å². The Kier molecular flexibility index (Phi) is 4.28. The number of rotatable bonds is 4. The van der Waals surface area contributed by atoms with Crippen molar-refractivity contribution in [2.24, 2.45) is 0 Å². The molecule has 5 heteroatoms. The molecule has 1 heterocycles. The fourth-order valence-electron chi connectivity index (χ4n) is 2.18. The number of hydrogen-bond donors (Lipinski definition) is 2. The number of aromatic carboxylic acids is 1. The van der Waals surface area contributed by atoms with E-state index in [1.807, 2.05) is 0 Å². The highest BCUT2D eigenvalue weighted by Gasteiger charge is 2.14. The van der Waals surface area contributed by atoms with Crippen LogP contribution in [0.3, 0.4) is 0 Å². The van der Waals surface area contributed by atoms with Gasteiger partial charge in [0.25, 0.3) is 0 Å². The molecule has 0 radical (unpaired) electrons. The van der Waals surface area contributed by atoms with Gasteiger partial charge in [-0.15, -0.1) is 0 Å². The molecule has 1 aromatic carbocycles. The largest absolute Gasteiger partial charge is 0.478 e. The topological polar surface area (TPSA) is 52.6 Å². The summed E-state index contributed by atoms with van der Waals surface area (Å²) in [6.07, 6.45) is 0.641. The molecule has 98 valence electrons. The summed E-state index contributed by atoms with van der Waals surface area (Å²) in [6, 6.07) is 3.98. The minimum Gasteiger partial charge on any atom is -0.478 e. The lowest BCUT2D eigenvalue weighted by atomic mass is 10.0. The van der Waals surface area contributed by atoms with Crippen molar-refractivity contribution in [3.05, 3.63) is 35.1 Å². The molecule has 0 amide bonds. The summed E-state index contributed by atoms with van der Waals surface area (Å²) in [5.41, 5.74) is 0.771. The molecule has 2 N–H and O–H groups in total. The van der Waals surface area contributed by atoms with Crippen LogP contribution in [-0.4, -0.2) is 48.7 Å². The fourth-order valence-corrected chi connectivity index (χ4v) is 2.18. The summed E-state index contributed by atoms with van der Waals surface area (Å²) >= 11 is 0. The summed E-state index contributed by atoms with van der Waals surface area (Å²) in [5.74, 6) is -1.57. The molecule has 0 aromatic heterocycles. The van der Waals surface area contributed by atoms with Crippen LogP contribution in [-0.2, 0) is 6.42 Å². The van der Waals surface area contributed by atoms with Gasteiger partial charge in [-0.05, 0) is 24.1 Å². The van der Waals surface area contributed by atoms with E-state index < -0.39 is 11.8 Å². The van der Waals surface area contributed by atoms with Gasteiger partial charge in [0.1, 0.15) is 5.82 Å². The Morgan fingerprint density at radius 2 is 2.11 bits per heavy atom. The number of benzene rings is 1. The molecular weight excluding hydrogens is 235 g/mol. The first-order chi connectivity index (χ1) is 8.66. The second kappa shape index (κ2) is 5.93. The maximum Gasteiger partial charge on any atom is 0.336 e. The summed E-state index contributed by atoms with van der Waals surface area (Å²) in [4.78, 5) is 13.3. The highest BCUT2D eigenvalue weighted by atomic mass is 19.1. The van der Waals surface area contributed by atoms with Gasteiger partial charge in [0.2, 0.25) is 0 Å². The lowest BCUT2D eigenvalue weighted by Gasteiger charge is -2.27. The van der Waals surface area contributed by atoms with Crippen LogP contribution < -0.4 is 5.32 Å². The Morgan fingerprint density at radius 1 is 1.39 bits per heavy atom. The van der Waals surface area contributed by atoms with E-state index in [4.69, 9.17) is 5.11 Å². The Balaban J connectivity index is 2.01. The maximum atomic E-state index is 13.0. The predicted molar refractivity (Wildman–Crippen MR) is 66.4 cm³/mol. The quantitative estimate of drug-likeness (QED) is 0.838. The van der Waals surface area contributed by atoms with Crippen molar-refractivity contribution < 1.29 is 14.3 Å². The second-order valence-electron chi connectivity index (χ2n) is 4.45. The number of nitrogens with one attached hydrogen (secondary N) is 1. The third kappa shape index (κ3) is 3.27. The molecule has 0 atom stereocenters. The zero-order valence-electron chi connectivity index (χ0n) is 10.2. The van der Waals surface area contributed by atoms with Gasteiger partial charge in [0, 0.05) is 32.7 Å². The number of carboxylic acid groups (broad SMARTS) is 1. The van der Waals surface area contributed by atoms with Gasteiger partial charge in [0.05, 0.1) is 5.56 Å². The van der Waals surface area contributed by atoms with E-state index in [1.54, 1.807) is 6.07 Å². The summed E-state index contributed by atoms with van der Waals surface area (Å²) < 4.78 is 13.0. The third-order valence-electron chi connectivity index (χ3n) is 3.21. The second-order valence-corrected chi connectivity index (χ2v) is 4.45. The molecule has 0 saturated carbocycles. The minimum atomic E-state index is -1.06. The molecule has 1 fully saturated rings. The Labute approximate surface area is 105 Å². The minimum absolute atomic E-state index is 0.0742. The highest BCUT2D eigenvalue weighted by molar-refractivity contribution is 5.89. The fraction of sp³-hybridized carbons (Fsp3) is 0.462. The van der Waals surface area contributed by atoms with Crippen LogP contribution in [0, 0.1) is 5.82 Å². The Morgan fingerprint density at radius 3 is 2.78 bits per heavy atom. The zero-order chi connectivity index (χ0) is 13.0. The van der Waals surface area contributed by atoms with Gasteiger partial charge in [-0.2, -0.15) is 0 Å².